The molecule has 0 spiro atoms. The summed E-state index contributed by atoms with van der Waals surface area (Å²) in [5, 5.41) is 7.27. The molecule has 3 aromatic rings. The maximum atomic E-state index is 12.7. The number of rotatable bonds is 9. The summed E-state index contributed by atoms with van der Waals surface area (Å²) in [6, 6.07) is 14.8. The number of ether oxygens (including phenoxy) is 3. The second-order valence-corrected chi connectivity index (χ2v) is 7.54. The summed E-state index contributed by atoms with van der Waals surface area (Å²) in [5.41, 5.74) is 2.39. The topological polar surface area (TPSA) is 74.6 Å². The Hall–Kier alpha value is -3.48. The molecule has 1 N–H and O–H groups in total. The largest absolute Gasteiger partial charge is 0.497 e. The Labute approximate surface area is 182 Å². The number of nitrogens with zero attached hydrogens (tertiary/aromatic N) is 2. The van der Waals surface area contributed by atoms with Gasteiger partial charge in [0.25, 0.3) is 5.91 Å². The molecule has 31 heavy (non-hydrogen) atoms. The zero-order valence-electron chi connectivity index (χ0n) is 18.6. The Morgan fingerprint density at radius 1 is 1.00 bits per heavy atom. The molecular weight excluding hydrogens is 394 g/mol. The van der Waals surface area contributed by atoms with E-state index in [0.717, 1.165) is 11.3 Å². The third-order valence-electron chi connectivity index (χ3n) is 5.03. The summed E-state index contributed by atoms with van der Waals surface area (Å²) in [6.07, 6.45) is 1.72. The fourth-order valence-electron chi connectivity index (χ4n) is 3.17. The van der Waals surface area contributed by atoms with E-state index in [4.69, 9.17) is 14.2 Å². The first-order chi connectivity index (χ1) is 14.9. The average Bonchev–Trinajstić information content (AvgIpc) is 3.26. The van der Waals surface area contributed by atoms with Gasteiger partial charge in [0, 0.05) is 11.8 Å². The predicted molar refractivity (Wildman–Crippen MR) is 119 cm³/mol. The molecule has 1 unspecified atom stereocenters. The van der Waals surface area contributed by atoms with Gasteiger partial charge in [-0.05, 0) is 54.8 Å². The highest BCUT2D eigenvalue weighted by Gasteiger charge is 2.18. The Morgan fingerprint density at radius 3 is 2.35 bits per heavy atom. The first kappa shape index (κ1) is 22.2. The normalized spacial score (nSPS) is 11.8. The summed E-state index contributed by atoms with van der Waals surface area (Å²) in [6.45, 7) is 6.40. The van der Waals surface area contributed by atoms with E-state index in [1.807, 2.05) is 37.3 Å². The molecule has 7 nitrogen and oxygen atoms in total. The molecule has 0 saturated carbocycles. The highest BCUT2D eigenvalue weighted by atomic mass is 16.5. The van der Waals surface area contributed by atoms with E-state index in [1.54, 1.807) is 31.2 Å². The predicted octanol–water partition coefficient (Wildman–Crippen LogP) is 4.55. The van der Waals surface area contributed by atoms with Gasteiger partial charge in [0.05, 0.1) is 20.3 Å². The lowest BCUT2D eigenvalue weighted by molar-refractivity contribution is 0.0932. The summed E-state index contributed by atoms with van der Waals surface area (Å²) in [4.78, 5) is 12.7. The van der Waals surface area contributed by atoms with Crippen molar-refractivity contribution in [2.24, 2.45) is 0 Å². The van der Waals surface area contributed by atoms with E-state index in [0.29, 0.717) is 23.1 Å². The maximum absolute atomic E-state index is 12.7. The third kappa shape index (κ3) is 5.57. The summed E-state index contributed by atoms with van der Waals surface area (Å²) in [5.74, 6) is 2.32. The van der Waals surface area contributed by atoms with E-state index < -0.39 is 0 Å². The highest BCUT2D eigenvalue weighted by molar-refractivity contribution is 5.92. The van der Waals surface area contributed by atoms with Crippen LogP contribution in [0.3, 0.4) is 0 Å². The number of nitrogens with one attached hydrogen (secondary N) is 1. The number of hydrogen-bond donors (Lipinski definition) is 1. The van der Waals surface area contributed by atoms with Gasteiger partial charge < -0.3 is 19.5 Å². The van der Waals surface area contributed by atoms with Gasteiger partial charge in [0.2, 0.25) is 0 Å². The zero-order chi connectivity index (χ0) is 22.4. The van der Waals surface area contributed by atoms with Gasteiger partial charge in [-0.15, -0.1) is 0 Å². The van der Waals surface area contributed by atoms with Gasteiger partial charge in [0.15, 0.2) is 6.73 Å². The van der Waals surface area contributed by atoms with E-state index in [1.165, 1.54) is 5.56 Å². The monoisotopic (exact) mass is 423 g/mol. The summed E-state index contributed by atoms with van der Waals surface area (Å²) >= 11 is 0. The molecule has 0 saturated heterocycles. The van der Waals surface area contributed by atoms with Gasteiger partial charge >= 0.3 is 0 Å². The average molecular weight is 424 g/mol. The standard InChI is InChI=1S/C24H29N3O4/c1-16(2)18-6-8-19(9-7-18)31-15-27-13-12-22(26-27)24(28)25-17(3)21-14-20(29-4)10-11-23(21)30-5/h6-14,16-17H,15H2,1-5H3,(H,25,28). The summed E-state index contributed by atoms with van der Waals surface area (Å²) in [7, 11) is 3.19. The minimum atomic E-state index is -0.293. The molecule has 1 heterocycles. The Morgan fingerprint density at radius 2 is 1.71 bits per heavy atom. The van der Waals surface area contributed by atoms with Gasteiger partial charge in [-0.1, -0.05) is 26.0 Å². The lowest BCUT2D eigenvalue weighted by Crippen LogP contribution is -2.27. The fraction of sp³-hybridized carbons (Fsp3) is 0.333. The molecule has 1 amide bonds. The third-order valence-corrected chi connectivity index (χ3v) is 5.03. The van der Waals surface area contributed by atoms with E-state index in [2.05, 4.69) is 36.4 Å². The van der Waals surface area contributed by atoms with Crippen LogP contribution < -0.4 is 19.5 Å². The van der Waals surface area contributed by atoms with Crippen LogP contribution in [-0.2, 0) is 6.73 Å². The van der Waals surface area contributed by atoms with Crippen LogP contribution in [0.1, 0.15) is 54.3 Å². The van der Waals surface area contributed by atoms with Crippen molar-refractivity contribution in [3.63, 3.8) is 0 Å². The van der Waals surface area contributed by atoms with Crippen molar-refractivity contribution in [1.82, 2.24) is 15.1 Å². The molecule has 0 bridgehead atoms. The quantitative estimate of drug-likeness (QED) is 0.546. The molecule has 0 fully saturated rings. The fourth-order valence-corrected chi connectivity index (χ4v) is 3.17. The van der Waals surface area contributed by atoms with Crippen LogP contribution in [0.2, 0.25) is 0 Å². The molecular formula is C24H29N3O4. The molecule has 0 radical (unpaired) electrons. The molecule has 3 rings (SSSR count). The smallest absolute Gasteiger partial charge is 0.272 e. The Bertz CT molecular complexity index is 1010. The minimum Gasteiger partial charge on any atom is -0.497 e. The van der Waals surface area contributed by atoms with Crippen LogP contribution in [0.5, 0.6) is 17.2 Å². The van der Waals surface area contributed by atoms with Crippen molar-refractivity contribution in [2.45, 2.75) is 39.5 Å². The zero-order valence-corrected chi connectivity index (χ0v) is 18.6. The van der Waals surface area contributed by atoms with Gasteiger partial charge in [-0.2, -0.15) is 5.10 Å². The molecule has 164 valence electrons. The lowest BCUT2D eigenvalue weighted by Gasteiger charge is -2.17. The lowest BCUT2D eigenvalue weighted by atomic mass is 10.0. The van der Waals surface area contributed by atoms with Crippen LogP contribution >= 0.6 is 0 Å². The highest BCUT2D eigenvalue weighted by Crippen LogP contribution is 2.29. The second-order valence-electron chi connectivity index (χ2n) is 7.54. The molecule has 0 aliphatic heterocycles. The minimum absolute atomic E-state index is 0.216. The Kier molecular flexibility index (Phi) is 7.18. The van der Waals surface area contributed by atoms with Crippen molar-refractivity contribution in [2.75, 3.05) is 14.2 Å². The van der Waals surface area contributed by atoms with Crippen molar-refractivity contribution < 1.29 is 19.0 Å². The van der Waals surface area contributed by atoms with Crippen LogP contribution in [-0.4, -0.2) is 29.9 Å². The molecule has 7 heteroatoms. The number of hydrogen-bond acceptors (Lipinski definition) is 5. The number of carbonyl (C=O) groups excluding carboxylic acids is 1. The Balaban J connectivity index is 1.61. The van der Waals surface area contributed by atoms with Crippen molar-refractivity contribution in [3.8, 4) is 17.2 Å². The van der Waals surface area contributed by atoms with Crippen LogP contribution in [0, 0.1) is 0 Å². The van der Waals surface area contributed by atoms with Gasteiger partial charge in [0.1, 0.15) is 22.9 Å². The van der Waals surface area contributed by atoms with Crippen LogP contribution in [0.15, 0.2) is 54.7 Å². The molecule has 2 aromatic carbocycles. The number of amides is 1. The van der Waals surface area contributed by atoms with Crippen molar-refractivity contribution in [1.29, 1.82) is 0 Å². The molecule has 1 atom stereocenters. The maximum Gasteiger partial charge on any atom is 0.272 e. The van der Waals surface area contributed by atoms with Crippen molar-refractivity contribution >= 4 is 5.91 Å². The number of benzene rings is 2. The first-order valence-corrected chi connectivity index (χ1v) is 10.2. The summed E-state index contributed by atoms with van der Waals surface area (Å²) < 4.78 is 18.0. The van der Waals surface area contributed by atoms with E-state index in [9.17, 15) is 4.79 Å². The van der Waals surface area contributed by atoms with Crippen molar-refractivity contribution in [3.05, 3.63) is 71.5 Å². The first-order valence-electron chi connectivity index (χ1n) is 10.2. The number of methoxy groups -OCH3 is 2. The van der Waals surface area contributed by atoms with Gasteiger partial charge in [-0.3, -0.25) is 4.79 Å². The van der Waals surface area contributed by atoms with E-state index >= 15 is 0 Å². The molecule has 0 aliphatic rings. The SMILES string of the molecule is COc1ccc(OC)c(C(C)NC(=O)c2ccn(COc3ccc(C(C)C)cc3)n2)c1. The number of aromatic nitrogens is 2. The van der Waals surface area contributed by atoms with Crippen LogP contribution in [0.4, 0.5) is 0 Å². The molecule has 0 aliphatic carbocycles. The second kappa shape index (κ2) is 10.0. The number of carbonyl (C=O) groups is 1. The molecule has 1 aromatic heterocycles. The van der Waals surface area contributed by atoms with Gasteiger partial charge in [-0.25, -0.2) is 4.68 Å². The van der Waals surface area contributed by atoms with Crippen LogP contribution in [0.25, 0.3) is 0 Å². The van der Waals surface area contributed by atoms with E-state index in [-0.39, 0.29) is 18.7 Å².